The summed E-state index contributed by atoms with van der Waals surface area (Å²) in [4.78, 5) is 20.3. The highest BCUT2D eigenvalue weighted by Crippen LogP contribution is 2.34. The number of phenolic OH excluding ortho intramolecular Hbond substituents is 1. The predicted molar refractivity (Wildman–Crippen MR) is 102 cm³/mol. The van der Waals surface area contributed by atoms with Crippen molar-refractivity contribution in [2.75, 3.05) is 12.8 Å². The van der Waals surface area contributed by atoms with Gasteiger partial charge in [-0.25, -0.2) is 4.98 Å². The summed E-state index contributed by atoms with van der Waals surface area (Å²) in [7, 11) is 1.55. The van der Waals surface area contributed by atoms with Crippen LogP contribution in [-0.2, 0) is 6.42 Å². The van der Waals surface area contributed by atoms with E-state index < -0.39 is 0 Å². The van der Waals surface area contributed by atoms with Crippen LogP contribution in [0.2, 0.25) is 0 Å². The summed E-state index contributed by atoms with van der Waals surface area (Å²) in [6, 6.07) is 10.4. The zero-order chi connectivity index (χ0) is 18.7. The predicted octanol–water partition coefficient (Wildman–Crippen LogP) is 3.02. The third kappa shape index (κ3) is 3.21. The molecule has 0 aliphatic rings. The molecule has 3 aromatic rings. The van der Waals surface area contributed by atoms with Gasteiger partial charge in [0.05, 0.1) is 0 Å². The lowest BCUT2D eigenvalue weighted by atomic mass is 9.93. The van der Waals surface area contributed by atoms with Crippen LogP contribution >= 0.6 is 0 Å². The molecule has 0 spiro atoms. The van der Waals surface area contributed by atoms with E-state index in [9.17, 15) is 9.90 Å². The topological polar surface area (TPSA) is 101 Å². The molecule has 0 saturated heterocycles. The van der Waals surface area contributed by atoms with Gasteiger partial charge in [0.2, 0.25) is 0 Å². The minimum atomic E-state index is -0.282. The average molecular weight is 348 g/mol. The van der Waals surface area contributed by atoms with Gasteiger partial charge in [-0.15, -0.1) is 0 Å². The van der Waals surface area contributed by atoms with Gasteiger partial charge >= 0.3 is 0 Å². The van der Waals surface area contributed by atoms with Crippen LogP contribution < -0.4 is 11.1 Å². The smallest absolute Gasteiger partial charge is 0.269 e. The first kappa shape index (κ1) is 17.4. The molecule has 0 atom stereocenters. The zero-order valence-corrected chi connectivity index (χ0v) is 14.7. The Kier molecular flexibility index (Phi) is 4.84. The number of phenols is 1. The number of nitrogen functional groups attached to an aromatic ring is 1. The normalized spacial score (nSPS) is 10.5. The number of nitrogens with one attached hydrogen (secondary N) is 1. The highest BCUT2D eigenvalue weighted by atomic mass is 16.3. The lowest BCUT2D eigenvalue weighted by molar-refractivity contribution is 0.0958. The molecule has 26 heavy (non-hydrogen) atoms. The molecule has 3 rings (SSSR count). The van der Waals surface area contributed by atoms with Crippen molar-refractivity contribution in [2.24, 2.45) is 0 Å². The van der Waals surface area contributed by atoms with Gasteiger partial charge in [-0.2, -0.15) is 0 Å². The number of aromatic nitrogens is 2. The Balaban J connectivity index is 2.13. The monoisotopic (exact) mass is 348 g/mol. The van der Waals surface area contributed by atoms with E-state index >= 15 is 0 Å². The van der Waals surface area contributed by atoms with Crippen LogP contribution in [0.25, 0.3) is 22.3 Å². The summed E-state index contributed by atoms with van der Waals surface area (Å²) in [6.45, 7) is 2.06. The largest absolute Gasteiger partial charge is 0.508 e. The van der Waals surface area contributed by atoms with E-state index in [2.05, 4.69) is 22.2 Å². The van der Waals surface area contributed by atoms with E-state index in [1.807, 2.05) is 12.1 Å². The number of anilines is 1. The number of benzene rings is 1. The van der Waals surface area contributed by atoms with Gasteiger partial charge in [0, 0.05) is 36.1 Å². The minimum absolute atomic E-state index is 0.217. The number of carbonyl (C=O) groups is 1. The molecule has 0 radical (unpaired) electrons. The van der Waals surface area contributed by atoms with Crippen molar-refractivity contribution in [2.45, 2.75) is 13.3 Å². The SMILES string of the molecule is CCc1c(-c2ccc(O)cc2)cncc1-c1ccc(C(=O)NC)nc1N. The maximum absolute atomic E-state index is 11.7. The van der Waals surface area contributed by atoms with Gasteiger partial charge in [-0.3, -0.25) is 9.78 Å². The number of amides is 1. The quantitative estimate of drug-likeness (QED) is 0.673. The molecule has 1 amide bonds. The number of rotatable bonds is 4. The van der Waals surface area contributed by atoms with E-state index in [4.69, 9.17) is 5.73 Å². The molecule has 2 aromatic heterocycles. The second-order valence-electron chi connectivity index (χ2n) is 5.82. The second-order valence-corrected chi connectivity index (χ2v) is 5.82. The molecule has 6 heteroatoms. The maximum Gasteiger partial charge on any atom is 0.269 e. The van der Waals surface area contributed by atoms with E-state index in [1.165, 1.54) is 0 Å². The number of hydrogen-bond donors (Lipinski definition) is 3. The van der Waals surface area contributed by atoms with Gasteiger partial charge in [-0.1, -0.05) is 19.1 Å². The first-order chi connectivity index (χ1) is 12.5. The van der Waals surface area contributed by atoms with Crippen molar-refractivity contribution < 1.29 is 9.90 Å². The fourth-order valence-corrected chi connectivity index (χ4v) is 2.95. The van der Waals surface area contributed by atoms with E-state index in [0.717, 1.165) is 34.2 Å². The molecule has 0 saturated carbocycles. The Hall–Kier alpha value is -3.41. The average Bonchev–Trinajstić information content (AvgIpc) is 2.67. The second kappa shape index (κ2) is 7.23. The lowest BCUT2D eigenvalue weighted by Gasteiger charge is -2.15. The van der Waals surface area contributed by atoms with Crippen LogP contribution in [0.5, 0.6) is 5.75 Å². The molecule has 2 heterocycles. The van der Waals surface area contributed by atoms with Crippen LogP contribution in [-0.4, -0.2) is 28.0 Å². The molecular formula is C20H20N4O2. The van der Waals surface area contributed by atoms with Crippen molar-refractivity contribution in [1.82, 2.24) is 15.3 Å². The molecule has 1 aromatic carbocycles. The van der Waals surface area contributed by atoms with E-state index in [0.29, 0.717) is 0 Å². The van der Waals surface area contributed by atoms with Crippen LogP contribution in [0.15, 0.2) is 48.8 Å². The van der Waals surface area contributed by atoms with Crippen molar-refractivity contribution in [1.29, 1.82) is 0 Å². The Morgan fingerprint density at radius 1 is 1.08 bits per heavy atom. The van der Waals surface area contributed by atoms with Gasteiger partial charge < -0.3 is 16.2 Å². The molecule has 0 fully saturated rings. The Morgan fingerprint density at radius 3 is 2.38 bits per heavy atom. The van der Waals surface area contributed by atoms with Crippen LogP contribution in [0, 0.1) is 0 Å². The summed E-state index contributed by atoms with van der Waals surface area (Å²) in [5.74, 6) is 0.217. The van der Waals surface area contributed by atoms with Gasteiger partial charge in [0.25, 0.3) is 5.91 Å². The minimum Gasteiger partial charge on any atom is -0.508 e. The Labute approximate surface area is 151 Å². The van der Waals surface area contributed by atoms with Gasteiger partial charge in [0.1, 0.15) is 17.3 Å². The molecular weight excluding hydrogens is 328 g/mol. The number of hydrogen-bond acceptors (Lipinski definition) is 5. The van der Waals surface area contributed by atoms with E-state index in [-0.39, 0.29) is 23.2 Å². The first-order valence-corrected chi connectivity index (χ1v) is 8.30. The van der Waals surface area contributed by atoms with Crippen LogP contribution in [0.1, 0.15) is 23.0 Å². The lowest BCUT2D eigenvalue weighted by Crippen LogP contribution is -2.19. The van der Waals surface area contributed by atoms with Crippen molar-refractivity contribution in [3.63, 3.8) is 0 Å². The summed E-state index contributed by atoms with van der Waals surface area (Å²) in [5.41, 5.74) is 11.0. The zero-order valence-electron chi connectivity index (χ0n) is 14.7. The van der Waals surface area contributed by atoms with Gasteiger partial charge in [0.15, 0.2) is 0 Å². The van der Waals surface area contributed by atoms with Crippen LogP contribution in [0.4, 0.5) is 5.82 Å². The summed E-state index contributed by atoms with van der Waals surface area (Å²) < 4.78 is 0. The number of aromatic hydroxyl groups is 1. The third-order valence-corrected chi connectivity index (χ3v) is 4.26. The van der Waals surface area contributed by atoms with Crippen LogP contribution in [0.3, 0.4) is 0 Å². The third-order valence-electron chi connectivity index (χ3n) is 4.26. The van der Waals surface area contributed by atoms with Crippen molar-refractivity contribution >= 4 is 11.7 Å². The summed E-state index contributed by atoms with van der Waals surface area (Å²) >= 11 is 0. The number of carbonyl (C=O) groups excluding carboxylic acids is 1. The van der Waals surface area contributed by atoms with Crippen molar-refractivity contribution in [3.05, 3.63) is 60.0 Å². The summed E-state index contributed by atoms with van der Waals surface area (Å²) in [5, 5.41) is 12.1. The van der Waals surface area contributed by atoms with Crippen molar-refractivity contribution in [3.8, 4) is 28.0 Å². The Bertz CT molecular complexity index is 953. The molecule has 6 nitrogen and oxygen atoms in total. The maximum atomic E-state index is 11.7. The summed E-state index contributed by atoms with van der Waals surface area (Å²) in [6.07, 6.45) is 4.33. The molecule has 132 valence electrons. The molecule has 0 unspecified atom stereocenters. The molecule has 0 bridgehead atoms. The molecule has 4 N–H and O–H groups in total. The number of nitrogens with zero attached hydrogens (tertiary/aromatic N) is 2. The molecule has 0 aliphatic carbocycles. The number of nitrogens with two attached hydrogens (primary N) is 1. The Morgan fingerprint density at radius 2 is 1.77 bits per heavy atom. The standard InChI is InChI=1S/C20H20N4O2/c1-3-14-16(12-4-6-13(25)7-5-12)10-23-11-17(14)15-8-9-18(20(26)22-2)24-19(15)21/h4-11,25H,3H2,1-2H3,(H2,21,24)(H,22,26). The fraction of sp³-hybridized carbons (Fsp3) is 0.150. The van der Waals surface area contributed by atoms with Gasteiger partial charge in [-0.05, 0) is 41.8 Å². The molecule has 0 aliphatic heterocycles. The number of pyridine rings is 2. The highest BCUT2D eigenvalue weighted by molar-refractivity contribution is 5.93. The van der Waals surface area contributed by atoms with E-state index in [1.54, 1.807) is 43.7 Å². The highest BCUT2D eigenvalue weighted by Gasteiger charge is 2.15. The fourth-order valence-electron chi connectivity index (χ4n) is 2.95. The first-order valence-electron chi connectivity index (χ1n) is 8.30.